The molecule has 2 aromatic rings. The van der Waals surface area contributed by atoms with Crippen LogP contribution in [0.25, 0.3) is 11.0 Å². The zero-order chi connectivity index (χ0) is 17.4. The number of aromatic amines is 1. The third-order valence-electron chi connectivity index (χ3n) is 4.75. The Morgan fingerprint density at radius 2 is 2.40 bits per heavy atom. The van der Waals surface area contributed by atoms with Crippen LogP contribution in [0.5, 0.6) is 6.01 Å². The summed E-state index contributed by atoms with van der Waals surface area (Å²) in [5.74, 6) is 0.0101. The summed E-state index contributed by atoms with van der Waals surface area (Å²) in [6.45, 7) is 6.86. The topological polar surface area (TPSA) is 76.7 Å². The first-order valence-electron chi connectivity index (χ1n) is 8.76. The lowest BCUT2D eigenvalue weighted by molar-refractivity contribution is -0.138. The van der Waals surface area contributed by atoms with Gasteiger partial charge < -0.3 is 24.1 Å². The van der Waals surface area contributed by atoms with E-state index in [9.17, 15) is 4.79 Å². The number of fused-ring (bicyclic) bond motifs is 1. The van der Waals surface area contributed by atoms with Crippen molar-refractivity contribution in [3.8, 4) is 6.01 Å². The van der Waals surface area contributed by atoms with E-state index in [0.29, 0.717) is 44.5 Å². The summed E-state index contributed by atoms with van der Waals surface area (Å²) < 4.78 is 17.0. The van der Waals surface area contributed by atoms with Crippen LogP contribution in [0, 0.1) is 0 Å². The number of nitrogens with zero attached hydrogens (tertiary/aromatic N) is 2. The minimum atomic E-state index is -0.354. The van der Waals surface area contributed by atoms with E-state index in [1.54, 1.807) is 0 Å². The SMILES string of the molecule is CCOc1nc2ccc(C(=O)N3CC(C)OC4(CCOC4)C3)cc2[nH]1. The highest BCUT2D eigenvalue weighted by Crippen LogP contribution is 2.31. The molecule has 0 radical (unpaired) electrons. The standard InChI is InChI=1S/C18H23N3O4/c1-3-24-17-19-14-5-4-13(8-15(14)20-17)16(22)21-9-12(2)25-18(10-21)6-7-23-11-18/h4-5,8,12H,3,6-7,9-11H2,1-2H3,(H,19,20). The van der Waals surface area contributed by atoms with E-state index < -0.39 is 0 Å². The second-order valence-electron chi connectivity index (χ2n) is 6.81. The number of hydrogen-bond donors (Lipinski definition) is 1. The molecule has 0 bridgehead atoms. The zero-order valence-electron chi connectivity index (χ0n) is 14.6. The Morgan fingerprint density at radius 3 is 3.16 bits per heavy atom. The molecule has 4 rings (SSSR count). The van der Waals surface area contributed by atoms with Crippen LogP contribution in [-0.4, -0.2) is 65.4 Å². The molecule has 0 saturated carbocycles. The van der Waals surface area contributed by atoms with E-state index in [2.05, 4.69) is 9.97 Å². The van der Waals surface area contributed by atoms with Gasteiger partial charge in [-0.25, -0.2) is 0 Å². The van der Waals surface area contributed by atoms with Crippen LogP contribution in [0.1, 0.15) is 30.6 Å². The molecule has 134 valence electrons. The number of benzene rings is 1. The molecule has 25 heavy (non-hydrogen) atoms. The number of morpholine rings is 1. The summed E-state index contributed by atoms with van der Waals surface area (Å²) in [5, 5.41) is 0. The lowest BCUT2D eigenvalue weighted by Gasteiger charge is -2.42. The monoisotopic (exact) mass is 345 g/mol. The van der Waals surface area contributed by atoms with Gasteiger partial charge in [-0.3, -0.25) is 4.79 Å². The van der Waals surface area contributed by atoms with E-state index in [1.807, 2.05) is 36.9 Å². The van der Waals surface area contributed by atoms with Crippen LogP contribution in [0.4, 0.5) is 0 Å². The van der Waals surface area contributed by atoms with Gasteiger partial charge in [-0.05, 0) is 32.0 Å². The van der Waals surface area contributed by atoms with Crippen LogP contribution in [0.3, 0.4) is 0 Å². The van der Waals surface area contributed by atoms with Crippen molar-refractivity contribution in [2.45, 2.75) is 32.0 Å². The molecular formula is C18H23N3O4. The van der Waals surface area contributed by atoms with E-state index in [-0.39, 0.29) is 17.6 Å². The number of aromatic nitrogens is 2. The van der Waals surface area contributed by atoms with Gasteiger partial charge in [0, 0.05) is 25.1 Å². The average Bonchev–Trinajstić information content (AvgIpc) is 3.19. The Morgan fingerprint density at radius 1 is 1.52 bits per heavy atom. The molecule has 7 heteroatoms. The van der Waals surface area contributed by atoms with Crippen molar-refractivity contribution in [3.63, 3.8) is 0 Å². The number of amides is 1. The number of hydrogen-bond acceptors (Lipinski definition) is 5. The fourth-order valence-corrected chi connectivity index (χ4v) is 3.69. The Balaban J connectivity index is 1.58. The first kappa shape index (κ1) is 16.4. The molecule has 2 atom stereocenters. The van der Waals surface area contributed by atoms with E-state index >= 15 is 0 Å². The van der Waals surface area contributed by atoms with Gasteiger partial charge in [-0.15, -0.1) is 0 Å². The largest absolute Gasteiger partial charge is 0.465 e. The van der Waals surface area contributed by atoms with Gasteiger partial charge in [0.05, 0.1) is 36.9 Å². The molecule has 1 aromatic carbocycles. The van der Waals surface area contributed by atoms with Gasteiger partial charge in [0.15, 0.2) is 0 Å². The molecular weight excluding hydrogens is 322 g/mol. The highest BCUT2D eigenvalue weighted by atomic mass is 16.6. The molecule has 2 aliphatic rings. The molecule has 1 amide bonds. The normalized spacial score (nSPS) is 26.5. The van der Waals surface area contributed by atoms with Crippen molar-refractivity contribution < 1.29 is 19.0 Å². The van der Waals surface area contributed by atoms with Gasteiger partial charge in [-0.2, -0.15) is 4.98 Å². The van der Waals surface area contributed by atoms with Crippen molar-refractivity contribution in [2.24, 2.45) is 0 Å². The smallest absolute Gasteiger partial charge is 0.294 e. The number of imidazole rings is 1. The second-order valence-corrected chi connectivity index (χ2v) is 6.81. The minimum absolute atomic E-state index is 0.000146. The number of rotatable bonds is 3. The van der Waals surface area contributed by atoms with Crippen molar-refractivity contribution in [1.29, 1.82) is 0 Å². The Kier molecular flexibility index (Phi) is 4.13. The van der Waals surface area contributed by atoms with Gasteiger partial charge in [0.2, 0.25) is 0 Å². The molecule has 1 aromatic heterocycles. The lowest BCUT2D eigenvalue weighted by Crippen LogP contribution is -2.57. The van der Waals surface area contributed by atoms with Gasteiger partial charge in [0.25, 0.3) is 11.9 Å². The van der Waals surface area contributed by atoms with Crippen molar-refractivity contribution in [2.75, 3.05) is 32.9 Å². The fraction of sp³-hybridized carbons (Fsp3) is 0.556. The third-order valence-corrected chi connectivity index (χ3v) is 4.75. The van der Waals surface area contributed by atoms with Gasteiger partial charge in [0.1, 0.15) is 5.60 Å². The first-order valence-corrected chi connectivity index (χ1v) is 8.76. The summed E-state index contributed by atoms with van der Waals surface area (Å²) in [6.07, 6.45) is 0.832. The van der Waals surface area contributed by atoms with Gasteiger partial charge in [-0.1, -0.05) is 0 Å². The van der Waals surface area contributed by atoms with Crippen LogP contribution < -0.4 is 4.74 Å². The molecule has 3 heterocycles. The Labute approximate surface area is 146 Å². The van der Waals surface area contributed by atoms with Crippen molar-refractivity contribution in [1.82, 2.24) is 14.9 Å². The molecule has 2 saturated heterocycles. The molecule has 1 spiro atoms. The minimum Gasteiger partial charge on any atom is -0.465 e. The molecule has 2 unspecified atom stereocenters. The summed E-state index contributed by atoms with van der Waals surface area (Å²) in [5.41, 5.74) is 1.88. The summed E-state index contributed by atoms with van der Waals surface area (Å²) in [6, 6.07) is 5.98. The first-order chi connectivity index (χ1) is 12.1. The highest BCUT2D eigenvalue weighted by molar-refractivity contribution is 5.97. The molecule has 1 N–H and O–H groups in total. The molecule has 2 aliphatic heterocycles. The third kappa shape index (κ3) is 3.09. The molecule has 7 nitrogen and oxygen atoms in total. The Bertz CT molecular complexity index is 782. The number of carbonyl (C=O) groups excluding carboxylic acids is 1. The summed E-state index contributed by atoms with van der Waals surface area (Å²) in [7, 11) is 0. The second kappa shape index (κ2) is 6.31. The maximum atomic E-state index is 13.0. The number of ether oxygens (including phenoxy) is 3. The maximum absolute atomic E-state index is 13.0. The maximum Gasteiger partial charge on any atom is 0.294 e. The van der Waals surface area contributed by atoms with Crippen LogP contribution in [0.15, 0.2) is 18.2 Å². The van der Waals surface area contributed by atoms with Crippen molar-refractivity contribution >= 4 is 16.9 Å². The fourth-order valence-electron chi connectivity index (χ4n) is 3.69. The van der Waals surface area contributed by atoms with E-state index in [1.165, 1.54) is 0 Å². The van der Waals surface area contributed by atoms with Crippen LogP contribution in [0.2, 0.25) is 0 Å². The quantitative estimate of drug-likeness (QED) is 0.920. The number of nitrogens with one attached hydrogen (secondary N) is 1. The molecule has 2 fully saturated rings. The summed E-state index contributed by atoms with van der Waals surface area (Å²) in [4.78, 5) is 22.4. The highest BCUT2D eigenvalue weighted by Gasteiger charge is 2.44. The van der Waals surface area contributed by atoms with Gasteiger partial charge >= 0.3 is 0 Å². The summed E-state index contributed by atoms with van der Waals surface area (Å²) >= 11 is 0. The average molecular weight is 345 g/mol. The molecule has 0 aliphatic carbocycles. The van der Waals surface area contributed by atoms with Crippen molar-refractivity contribution in [3.05, 3.63) is 23.8 Å². The van der Waals surface area contributed by atoms with E-state index in [0.717, 1.165) is 17.5 Å². The Hall–Kier alpha value is -2.12. The predicted octanol–water partition coefficient (Wildman–Crippen LogP) is 1.98. The van der Waals surface area contributed by atoms with Crippen LogP contribution >= 0.6 is 0 Å². The van der Waals surface area contributed by atoms with Crippen LogP contribution in [-0.2, 0) is 9.47 Å². The number of carbonyl (C=O) groups is 1. The number of H-pyrrole nitrogens is 1. The predicted molar refractivity (Wildman–Crippen MR) is 91.9 cm³/mol. The van der Waals surface area contributed by atoms with E-state index in [4.69, 9.17) is 14.2 Å². The lowest BCUT2D eigenvalue weighted by atomic mass is 9.98. The zero-order valence-corrected chi connectivity index (χ0v) is 14.6.